The zero-order chi connectivity index (χ0) is 16.4. The summed E-state index contributed by atoms with van der Waals surface area (Å²) in [6, 6.07) is 15.5. The van der Waals surface area contributed by atoms with Crippen LogP contribution in [-0.2, 0) is 13.0 Å². The van der Waals surface area contributed by atoms with Gasteiger partial charge in [-0.15, -0.1) is 15.3 Å². The van der Waals surface area contributed by atoms with Gasteiger partial charge in [0.05, 0.1) is 19.0 Å². The first-order valence-corrected chi connectivity index (χ1v) is 7.55. The molecule has 0 aliphatic rings. The van der Waals surface area contributed by atoms with E-state index in [0.717, 1.165) is 22.3 Å². The van der Waals surface area contributed by atoms with E-state index in [4.69, 9.17) is 9.15 Å². The lowest BCUT2D eigenvalue weighted by molar-refractivity contribution is 0.404. The quantitative estimate of drug-likeness (QED) is 0.562. The average molecular weight is 321 g/mol. The van der Waals surface area contributed by atoms with E-state index in [-0.39, 0.29) is 0 Å². The summed E-state index contributed by atoms with van der Waals surface area (Å²) >= 11 is 0. The maximum absolute atomic E-state index is 5.74. The van der Waals surface area contributed by atoms with Crippen molar-refractivity contribution >= 4 is 11.0 Å². The number of aromatic nitrogens is 5. The molecule has 0 saturated carbocycles. The zero-order valence-corrected chi connectivity index (χ0v) is 13.1. The molecule has 0 radical (unpaired) electrons. The minimum Gasteiger partial charge on any atom is -0.496 e. The molecule has 0 spiro atoms. The molecule has 7 nitrogen and oxygen atoms in total. The van der Waals surface area contributed by atoms with E-state index < -0.39 is 0 Å². The molecule has 4 aromatic rings. The van der Waals surface area contributed by atoms with Crippen LogP contribution in [0.4, 0.5) is 0 Å². The van der Waals surface area contributed by atoms with E-state index in [0.29, 0.717) is 24.7 Å². The summed E-state index contributed by atoms with van der Waals surface area (Å²) in [4.78, 5) is 0. The lowest BCUT2D eigenvalue weighted by Crippen LogP contribution is -2.02. The first-order chi connectivity index (χ1) is 11.8. The van der Waals surface area contributed by atoms with Gasteiger partial charge in [0.25, 0.3) is 0 Å². The van der Waals surface area contributed by atoms with Gasteiger partial charge in [-0.05, 0) is 18.2 Å². The highest BCUT2D eigenvalue weighted by molar-refractivity contribution is 5.73. The number of para-hydroxylation sites is 2. The molecule has 0 aliphatic heterocycles. The molecular weight excluding hydrogens is 306 g/mol. The number of nitrogens with zero attached hydrogens (tertiary/aromatic N) is 5. The Labute approximate surface area is 137 Å². The summed E-state index contributed by atoms with van der Waals surface area (Å²) in [5.74, 6) is 1.84. The second kappa shape index (κ2) is 6.11. The van der Waals surface area contributed by atoms with Crippen LogP contribution in [0, 0.1) is 0 Å². The average Bonchev–Trinajstić information content (AvgIpc) is 3.23. The molecule has 0 N–H and O–H groups in total. The number of hydrogen-bond acceptors (Lipinski definition) is 6. The fourth-order valence-corrected chi connectivity index (χ4v) is 2.60. The van der Waals surface area contributed by atoms with Crippen LogP contribution >= 0.6 is 0 Å². The first-order valence-electron chi connectivity index (χ1n) is 7.55. The van der Waals surface area contributed by atoms with Gasteiger partial charge >= 0.3 is 0 Å². The highest BCUT2D eigenvalue weighted by Gasteiger charge is 2.12. The van der Waals surface area contributed by atoms with Gasteiger partial charge in [-0.2, -0.15) is 0 Å². The number of hydrogen-bond donors (Lipinski definition) is 0. The van der Waals surface area contributed by atoms with Crippen LogP contribution in [0.25, 0.3) is 11.0 Å². The van der Waals surface area contributed by atoms with Gasteiger partial charge in [-0.25, -0.2) is 4.68 Å². The van der Waals surface area contributed by atoms with Crippen molar-refractivity contribution in [2.45, 2.75) is 13.0 Å². The summed E-state index contributed by atoms with van der Waals surface area (Å²) < 4.78 is 12.8. The first kappa shape index (κ1) is 14.4. The van der Waals surface area contributed by atoms with E-state index in [9.17, 15) is 0 Å². The van der Waals surface area contributed by atoms with Gasteiger partial charge < -0.3 is 9.15 Å². The lowest BCUT2D eigenvalue weighted by atomic mass is 10.1. The summed E-state index contributed by atoms with van der Waals surface area (Å²) in [6.45, 7) is 0.388. The van der Waals surface area contributed by atoms with Gasteiger partial charge in [-0.3, -0.25) is 0 Å². The number of rotatable bonds is 5. The van der Waals surface area contributed by atoms with Crippen LogP contribution in [-0.4, -0.2) is 32.3 Å². The van der Waals surface area contributed by atoms with Crippen molar-refractivity contribution < 1.29 is 9.15 Å². The number of benzene rings is 2. The molecule has 120 valence electrons. The Kier molecular flexibility index (Phi) is 3.66. The van der Waals surface area contributed by atoms with Crippen molar-refractivity contribution in [3.05, 3.63) is 65.9 Å². The van der Waals surface area contributed by atoms with Crippen molar-refractivity contribution in [1.82, 2.24) is 25.2 Å². The van der Waals surface area contributed by atoms with E-state index in [1.54, 1.807) is 11.8 Å². The second-order valence-corrected chi connectivity index (χ2v) is 5.31. The van der Waals surface area contributed by atoms with Crippen molar-refractivity contribution in [2.24, 2.45) is 0 Å². The normalized spacial score (nSPS) is 11.0. The maximum Gasteiger partial charge on any atom is 0.238 e. The molecule has 2 heterocycles. The van der Waals surface area contributed by atoms with Crippen LogP contribution in [0.15, 0.2) is 52.9 Å². The Bertz CT molecular complexity index is 976. The van der Waals surface area contributed by atoms with Gasteiger partial charge in [0.2, 0.25) is 11.8 Å². The molecule has 7 heteroatoms. The minimum atomic E-state index is 0.388. The number of fused-ring (bicyclic) bond motifs is 1. The SMILES string of the molecule is COc1ccccc1Cc1nnc(Cn2nnc3ccccc32)o1. The molecule has 0 atom stereocenters. The topological polar surface area (TPSA) is 78.9 Å². The molecule has 0 amide bonds. The monoisotopic (exact) mass is 321 g/mol. The Hall–Kier alpha value is -3.22. The molecule has 0 aliphatic carbocycles. The molecule has 0 fully saturated rings. The maximum atomic E-state index is 5.74. The summed E-state index contributed by atoms with van der Waals surface area (Å²) in [5, 5.41) is 16.5. The van der Waals surface area contributed by atoms with Crippen molar-refractivity contribution in [3.8, 4) is 5.75 Å². The van der Waals surface area contributed by atoms with Crippen LogP contribution < -0.4 is 4.74 Å². The minimum absolute atomic E-state index is 0.388. The third kappa shape index (κ3) is 2.71. The van der Waals surface area contributed by atoms with E-state index in [1.807, 2.05) is 48.5 Å². The fraction of sp³-hybridized carbons (Fsp3) is 0.176. The molecule has 4 rings (SSSR count). The highest BCUT2D eigenvalue weighted by atomic mass is 16.5. The third-order valence-corrected chi connectivity index (χ3v) is 3.75. The van der Waals surface area contributed by atoms with Gasteiger partial charge in [0, 0.05) is 5.56 Å². The summed E-state index contributed by atoms with van der Waals surface area (Å²) in [6.07, 6.45) is 0.523. The number of methoxy groups -OCH3 is 1. The molecule has 0 bridgehead atoms. The molecule has 0 unspecified atom stereocenters. The Morgan fingerprint density at radius 1 is 0.958 bits per heavy atom. The van der Waals surface area contributed by atoms with Crippen LogP contribution in [0.5, 0.6) is 5.75 Å². The standard InChI is InChI=1S/C17H15N5O2/c1-23-15-9-5-2-6-12(15)10-16-19-20-17(24-16)11-22-14-8-4-3-7-13(14)18-21-22/h2-9H,10-11H2,1H3. The fourth-order valence-electron chi connectivity index (χ4n) is 2.60. The predicted octanol–water partition coefficient (Wildman–Crippen LogP) is 2.46. The highest BCUT2D eigenvalue weighted by Crippen LogP contribution is 2.20. The summed E-state index contributed by atoms with van der Waals surface area (Å²) in [7, 11) is 1.65. The van der Waals surface area contributed by atoms with Crippen LogP contribution in [0.1, 0.15) is 17.3 Å². The number of ether oxygens (including phenoxy) is 1. The van der Waals surface area contributed by atoms with E-state index >= 15 is 0 Å². The Balaban J connectivity index is 1.55. The van der Waals surface area contributed by atoms with Crippen LogP contribution in [0.3, 0.4) is 0 Å². The largest absolute Gasteiger partial charge is 0.496 e. The molecule has 2 aromatic heterocycles. The zero-order valence-electron chi connectivity index (χ0n) is 13.1. The van der Waals surface area contributed by atoms with Crippen molar-refractivity contribution in [3.63, 3.8) is 0 Å². The van der Waals surface area contributed by atoms with Crippen molar-refractivity contribution in [2.75, 3.05) is 7.11 Å². The molecule has 24 heavy (non-hydrogen) atoms. The smallest absolute Gasteiger partial charge is 0.238 e. The predicted molar refractivity (Wildman–Crippen MR) is 86.7 cm³/mol. The molecule has 0 saturated heterocycles. The van der Waals surface area contributed by atoms with Gasteiger partial charge in [-0.1, -0.05) is 35.5 Å². The third-order valence-electron chi connectivity index (χ3n) is 3.75. The van der Waals surface area contributed by atoms with Crippen molar-refractivity contribution in [1.29, 1.82) is 0 Å². The Morgan fingerprint density at radius 3 is 2.67 bits per heavy atom. The molecular formula is C17H15N5O2. The van der Waals surface area contributed by atoms with Crippen LogP contribution in [0.2, 0.25) is 0 Å². The van der Waals surface area contributed by atoms with Gasteiger partial charge in [0.15, 0.2) is 0 Å². The second-order valence-electron chi connectivity index (χ2n) is 5.31. The summed E-state index contributed by atoms with van der Waals surface area (Å²) in [5.41, 5.74) is 2.77. The Morgan fingerprint density at radius 2 is 1.75 bits per heavy atom. The lowest BCUT2D eigenvalue weighted by Gasteiger charge is -2.05. The van der Waals surface area contributed by atoms with E-state index in [2.05, 4.69) is 20.5 Å². The molecule has 2 aromatic carbocycles. The van der Waals surface area contributed by atoms with Gasteiger partial charge in [0.1, 0.15) is 17.8 Å². The van der Waals surface area contributed by atoms with E-state index in [1.165, 1.54) is 0 Å².